The van der Waals surface area contributed by atoms with Gasteiger partial charge in [0.1, 0.15) is 0 Å². The Morgan fingerprint density at radius 2 is 1.88 bits per heavy atom. The van der Waals surface area contributed by atoms with Gasteiger partial charge in [0.05, 0.1) is 5.56 Å². The van der Waals surface area contributed by atoms with Crippen LogP contribution in [0.4, 0.5) is 18.9 Å². The number of benzene rings is 1. The molecule has 0 spiro atoms. The summed E-state index contributed by atoms with van der Waals surface area (Å²) in [5, 5.41) is -0.197. The Morgan fingerprint density at radius 1 is 1.31 bits per heavy atom. The first kappa shape index (κ1) is 16.2. The molecular formula is C7H4ClF3NNaO2S-. The number of anilines is 1. The quantitative estimate of drug-likeness (QED) is 0.667. The Balaban J connectivity index is 0.00000225. The zero-order valence-corrected chi connectivity index (χ0v) is 11.5. The summed E-state index contributed by atoms with van der Waals surface area (Å²) < 4.78 is 58.9. The predicted molar refractivity (Wildman–Crippen MR) is 54.8 cm³/mol. The smallest absolute Gasteiger partial charge is 0.416 e. The predicted octanol–water partition coefficient (Wildman–Crippen LogP) is 2.18. The number of alkyl halides is 3. The van der Waals surface area contributed by atoms with Gasteiger partial charge >= 0.3 is 6.18 Å². The summed E-state index contributed by atoms with van der Waals surface area (Å²) in [7, 11) is 0. The maximum absolute atomic E-state index is 12.2. The summed E-state index contributed by atoms with van der Waals surface area (Å²) in [6, 6.07) is 2.44. The van der Waals surface area contributed by atoms with Crippen molar-refractivity contribution in [3.63, 3.8) is 0 Å². The van der Waals surface area contributed by atoms with Crippen LogP contribution in [0.1, 0.15) is 5.56 Å². The molecule has 0 aliphatic heterocycles. The van der Waals surface area contributed by atoms with Gasteiger partial charge in [-0.2, -0.15) is 13.2 Å². The summed E-state index contributed by atoms with van der Waals surface area (Å²) in [5.74, 6) is 0. The average molecular weight is 282 g/mol. The van der Waals surface area contributed by atoms with Gasteiger partial charge in [-0.15, -0.1) is 0 Å². The number of rotatable bonds is 2. The van der Waals surface area contributed by atoms with Crippen molar-refractivity contribution in [2.75, 3.05) is 4.72 Å². The van der Waals surface area contributed by atoms with E-state index in [1.54, 1.807) is 4.72 Å². The molecule has 1 rings (SSSR count). The van der Waals surface area contributed by atoms with Gasteiger partial charge in [-0.05, 0) is 18.2 Å². The normalized spacial score (nSPS) is 12.8. The molecule has 1 atom stereocenters. The monoisotopic (exact) mass is 281 g/mol. The summed E-state index contributed by atoms with van der Waals surface area (Å²) in [5.41, 5.74) is -1.24. The number of hydrogen-bond acceptors (Lipinski definition) is 2. The van der Waals surface area contributed by atoms with Crippen LogP contribution in [0.15, 0.2) is 18.2 Å². The van der Waals surface area contributed by atoms with Crippen molar-refractivity contribution in [2.45, 2.75) is 6.18 Å². The van der Waals surface area contributed by atoms with Crippen molar-refractivity contribution in [2.24, 2.45) is 0 Å². The molecule has 0 aromatic heterocycles. The van der Waals surface area contributed by atoms with Crippen LogP contribution in [0.2, 0.25) is 5.02 Å². The molecule has 1 N–H and O–H groups in total. The van der Waals surface area contributed by atoms with Crippen LogP contribution in [0.5, 0.6) is 0 Å². The van der Waals surface area contributed by atoms with Crippen LogP contribution in [0.3, 0.4) is 0 Å². The molecule has 85 valence electrons. The van der Waals surface area contributed by atoms with Gasteiger partial charge in [0.25, 0.3) is 0 Å². The molecule has 1 unspecified atom stereocenters. The molecule has 16 heavy (non-hydrogen) atoms. The molecule has 0 aliphatic rings. The topological polar surface area (TPSA) is 52.2 Å². The second kappa shape index (κ2) is 6.23. The fraction of sp³-hybridized carbons (Fsp3) is 0.143. The van der Waals surface area contributed by atoms with Gasteiger partial charge in [-0.3, -0.25) is 4.21 Å². The van der Waals surface area contributed by atoms with E-state index in [0.717, 1.165) is 6.07 Å². The van der Waals surface area contributed by atoms with Crippen LogP contribution in [0, 0.1) is 0 Å². The molecule has 0 bridgehead atoms. The molecule has 0 heterocycles. The first-order valence-electron chi connectivity index (χ1n) is 3.53. The molecule has 0 saturated carbocycles. The van der Waals surface area contributed by atoms with Gasteiger partial charge < -0.3 is 9.27 Å². The first-order valence-corrected chi connectivity index (χ1v) is 4.98. The molecule has 1 aromatic rings. The van der Waals surface area contributed by atoms with Crippen LogP contribution in [0.25, 0.3) is 0 Å². The van der Waals surface area contributed by atoms with Gasteiger partial charge in [0, 0.05) is 51.5 Å². The van der Waals surface area contributed by atoms with Gasteiger partial charge in [0.15, 0.2) is 0 Å². The van der Waals surface area contributed by atoms with Gasteiger partial charge in [-0.25, -0.2) is 0 Å². The van der Waals surface area contributed by atoms with Crippen molar-refractivity contribution >= 4 is 58.1 Å². The zero-order valence-electron chi connectivity index (χ0n) is 7.97. The molecule has 0 fully saturated rings. The van der Waals surface area contributed by atoms with E-state index in [-0.39, 0.29) is 40.3 Å². The Labute approximate surface area is 119 Å². The van der Waals surface area contributed by atoms with Crippen LogP contribution in [-0.2, 0) is 17.4 Å². The molecule has 0 aliphatic carbocycles. The van der Waals surface area contributed by atoms with E-state index in [2.05, 4.69) is 0 Å². The maximum atomic E-state index is 12.2. The minimum atomic E-state index is -4.56. The van der Waals surface area contributed by atoms with Crippen LogP contribution >= 0.6 is 11.6 Å². The minimum Gasteiger partial charge on any atom is -0.755 e. The minimum absolute atomic E-state index is 0. The van der Waals surface area contributed by atoms with Crippen LogP contribution < -0.4 is 4.72 Å². The molecule has 1 aromatic carbocycles. The summed E-state index contributed by atoms with van der Waals surface area (Å²) >= 11 is 2.71. The van der Waals surface area contributed by atoms with E-state index in [4.69, 9.17) is 11.6 Å². The van der Waals surface area contributed by atoms with Gasteiger partial charge in [0.2, 0.25) is 0 Å². The van der Waals surface area contributed by atoms with E-state index in [0.29, 0.717) is 12.1 Å². The maximum Gasteiger partial charge on any atom is 0.416 e. The molecule has 0 saturated heterocycles. The molecule has 0 amide bonds. The molecule has 9 heteroatoms. The second-order valence-corrected chi connectivity index (χ2v) is 3.67. The Kier molecular flexibility index (Phi) is 6.31. The SMILES string of the molecule is O=S([O-])Nc1cc(Cl)cc(C(F)(F)F)c1.[Na]. The molecule has 1 radical (unpaired) electrons. The van der Waals surface area contributed by atoms with E-state index in [1.165, 1.54) is 0 Å². The van der Waals surface area contributed by atoms with E-state index in [9.17, 15) is 21.9 Å². The third-order valence-corrected chi connectivity index (χ3v) is 2.05. The molecular weight excluding hydrogens is 278 g/mol. The second-order valence-electron chi connectivity index (χ2n) is 2.56. The van der Waals surface area contributed by atoms with Crippen LogP contribution in [-0.4, -0.2) is 38.3 Å². The zero-order chi connectivity index (χ0) is 11.6. The van der Waals surface area contributed by atoms with Crippen molar-refractivity contribution in [3.05, 3.63) is 28.8 Å². The fourth-order valence-corrected chi connectivity index (χ4v) is 1.45. The Hall–Kier alpha value is 0.210. The Bertz CT molecular complexity index is 402. The Morgan fingerprint density at radius 3 is 2.31 bits per heavy atom. The number of hydrogen-bond donors (Lipinski definition) is 1. The standard InChI is InChI=1S/C7H5ClF3NO2S.Na/c8-5-1-4(7(9,10)11)2-6(3-5)12-15(13)14;/h1-3,12H,(H,13,14);/p-1. The average Bonchev–Trinajstić information content (AvgIpc) is 1.99. The van der Waals surface area contributed by atoms with Gasteiger partial charge in [-0.1, -0.05) is 11.6 Å². The van der Waals surface area contributed by atoms with Crippen molar-refractivity contribution in [3.8, 4) is 0 Å². The third kappa shape index (κ3) is 5.03. The van der Waals surface area contributed by atoms with Crippen molar-refractivity contribution in [1.82, 2.24) is 0 Å². The van der Waals surface area contributed by atoms with E-state index < -0.39 is 23.0 Å². The summed E-state index contributed by atoms with van der Waals surface area (Å²) in [6.07, 6.45) is -4.56. The fourth-order valence-electron chi connectivity index (χ4n) is 0.908. The summed E-state index contributed by atoms with van der Waals surface area (Å²) in [6.45, 7) is 0. The van der Waals surface area contributed by atoms with Crippen molar-refractivity contribution < 1.29 is 21.9 Å². The number of nitrogens with one attached hydrogen (secondary N) is 1. The third-order valence-electron chi connectivity index (χ3n) is 1.43. The first-order chi connectivity index (χ1) is 6.79. The summed E-state index contributed by atoms with van der Waals surface area (Å²) in [4.78, 5) is 0. The largest absolute Gasteiger partial charge is 0.755 e. The van der Waals surface area contributed by atoms with Crippen molar-refractivity contribution in [1.29, 1.82) is 0 Å². The van der Waals surface area contributed by atoms with E-state index >= 15 is 0 Å². The molecule has 3 nitrogen and oxygen atoms in total. The number of halogens is 4. The van der Waals surface area contributed by atoms with E-state index in [1.807, 2.05) is 0 Å².